The van der Waals surface area contributed by atoms with Crippen molar-refractivity contribution in [3.05, 3.63) is 34.4 Å². The van der Waals surface area contributed by atoms with Crippen molar-refractivity contribution in [1.82, 2.24) is 10.2 Å². The van der Waals surface area contributed by atoms with Crippen LogP contribution < -0.4 is 5.32 Å². The van der Waals surface area contributed by atoms with Crippen LogP contribution in [0.2, 0.25) is 0 Å². The Morgan fingerprint density at radius 2 is 1.82 bits per heavy atom. The number of thiophene rings is 1. The first kappa shape index (κ1) is 24.1. The van der Waals surface area contributed by atoms with Crippen molar-refractivity contribution in [3.8, 4) is 11.7 Å². The first-order valence-corrected chi connectivity index (χ1v) is 12.0. The molecular weight excluding hydrogens is 478 g/mol. The van der Waals surface area contributed by atoms with Crippen LogP contribution in [0.3, 0.4) is 0 Å². The Morgan fingerprint density at radius 3 is 2.45 bits per heavy atom. The highest BCUT2D eigenvalue weighted by molar-refractivity contribution is 7.91. The molecule has 3 heterocycles. The maximum Gasteiger partial charge on any atom is 0.348 e. The second kappa shape index (κ2) is 9.95. The maximum absolute atomic E-state index is 12.6. The number of carbonyl (C=O) groups is 3. The second-order valence-corrected chi connectivity index (χ2v) is 9.25. The molecule has 0 aromatic carbocycles. The van der Waals surface area contributed by atoms with Crippen LogP contribution in [0.1, 0.15) is 39.4 Å². The SMILES string of the molecule is CCOC(=O)c1sc(NC(=O)CS(=O)(=O)c2nnc(-c3ccco3)o2)c(C(=O)OCC)c1C. The number of nitrogens with zero attached hydrogens (tertiary/aromatic N) is 2. The lowest BCUT2D eigenvalue weighted by Crippen LogP contribution is -2.24. The molecule has 0 fully saturated rings. The topological polar surface area (TPSA) is 168 Å². The van der Waals surface area contributed by atoms with Gasteiger partial charge in [-0.1, -0.05) is 5.10 Å². The summed E-state index contributed by atoms with van der Waals surface area (Å²) in [5.41, 5.74) is 0.184. The van der Waals surface area contributed by atoms with E-state index >= 15 is 0 Å². The third-order valence-electron chi connectivity index (χ3n) is 4.07. The van der Waals surface area contributed by atoms with Crippen LogP contribution in [0.15, 0.2) is 32.5 Å². The van der Waals surface area contributed by atoms with Crippen LogP contribution in [0, 0.1) is 6.92 Å². The molecule has 12 nitrogen and oxygen atoms in total. The van der Waals surface area contributed by atoms with Crippen LogP contribution in [-0.2, 0) is 24.1 Å². The second-order valence-electron chi connectivity index (χ2n) is 6.36. The molecule has 33 heavy (non-hydrogen) atoms. The number of rotatable bonds is 9. The van der Waals surface area contributed by atoms with Gasteiger partial charge in [0, 0.05) is 0 Å². The zero-order valence-electron chi connectivity index (χ0n) is 17.7. The number of hydrogen-bond donors (Lipinski definition) is 1. The number of esters is 2. The number of nitrogens with one attached hydrogen (secondary N) is 1. The number of furan rings is 1. The number of hydrogen-bond acceptors (Lipinski definition) is 12. The minimum atomic E-state index is -4.32. The van der Waals surface area contributed by atoms with Crippen LogP contribution >= 0.6 is 11.3 Å². The van der Waals surface area contributed by atoms with Crippen molar-refractivity contribution in [1.29, 1.82) is 0 Å². The Hall–Kier alpha value is -3.52. The van der Waals surface area contributed by atoms with Gasteiger partial charge in [0.25, 0.3) is 5.89 Å². The summed E-state index contributed by atoms with van der Waals surface area (Å²) in [7, 11) is -4.32. The van der Waals surface area contributed by atoms with Gasteiger partial charge in [0.1, 0.15) is 15.6 Å². The molecule has 0 radical (unpaired) electrons. The van der Waals surface area contributed by atoms with Gasteiger partial charge in [-0.15, -0.1) is 16.4 Å². The minimum Gasteiger partial charge on any atom is -0.462 e. The molecule has 0 bridgehead atoms. The van der Waals surface area contributed by atoms with Gasteiger partial charge >= 0.3 is 17.2 Å². The molecular formula is C19H19N3O9S2. The van der Waals surface area contributed by atoms with Crippen molar-refractivity contribution in [2.75, 3.05) is 24.3 Å². The standard InChI is InChI=1S/C19H19N3O9S2/c1-4-28-17(24)13-10(3)14(18(25)29-5-2)32-16(13)20-12(23)9-33(26,27)19-22-21-15(31-19)11-7-6-8-30-11/h6-8H,4-5,9H2,1-3H3,(H,20,23). The summed E-state index contributed by atoms with van der Waals surface area (Å²) in [6.07, 6.45) is 1.34. The first-order valence-electron chi connectivity index (χ1n) is 9.55. The third-order valence-corrected chi connectivity index (χ3v) is 6.59. The van der Waals surface area contributed by atoms with Gasteiger partial charge < -0.3 is 23.6 Å². The fourth-order valence-corrected chi connectivity index (χ4v) is 4.69. The van der Waals surface area contributed by atoms with Crippen molar-refractivity contribution in [2.45, 2.75) is 26.0 Å². The molecule has 3 aromatic heterocycles. The van der Waals surface area contributed by atoms with E-state index in [-0.39, 0.29) is 45.9 Å². The lowest BCUT2D eigenvalue weighted by molar-refractivity contribution is -0.113. The van der Waals surface area contributed by atoms with E-state index in [0.717, 1.165) is 11.3 Å². The summed E-state index contributed by atoms with van der Waals surface area (Å²) in [6.45, 7) is 4.87. The zero-order valence-corrected chi connectivity index (χ0v) is 19.4. The summed E-state index contributed by atoms with van der Waals surface area (Å²) >= 11 is 0.775. The Labute approximate surface area is 191 Å². The molecule has 0 aliphatic heterocycles. The van der Waals surface area contributed by atoms with Crippen molar-refractivity contribution >= 4 is 44.0 Å². The normalized spacial score (nSPS) is 11.2. The van der Waals surface area contributed by atoms with Gasteiger partial charge in [0.15, 0.2) is 5.76 Å². The summed E-state index contributed by atoms with van der Waals surface area (Å²) in [5.74, 6) is -3.52. The van der Waals surface area contributed by atoms with Crippen molar-refractivity contribution in [3.63, 3.8) is 0 Å². The number of anilines is 1. The first-order chi connectivity index (χ1) is 15.7. The summed E-state index contributed by atoms with van der Waals surface area (Å²) in [4.78, 5) is 37.2. The largest absolute Gasteiger partial charge is 0.462 e. The third kappa shape index (κ3) is 5.28. The number of aromatic nitrogens is 2. The molecule has 0 saturated heterocycles. The lowest BCUT2D eigenvalue weighted by Gasteiger charge is -2.06. The molecule has 1 amide bonds. The molecule has 176 valence electrons. The molecule has 0 aliphatic carbocycles. The fraction of sp³-hybridized carbons (Fsp3) is 0.316. The Morgan fingerprint density at radius 1 is 1.12 bits per heavy atom. The number of carbonyl (C=O) groups excluding carboxylic acids is 3. The Kier molecular flexibility index (Phi) is 7.28. The quantitative estimate of drug-likeness (QED) is 0.431. The van der Waals surface area contributed by atoms with Crippen molar-refractivity contribution < 1.29 is 41.1 Å². The van der Waals surface area contributed by atoms with Crippen LogP contribution in [0.5, 0.6) is 0 Å². The van der Waals surface area contributed by atoms with E-state index in [1.54, 1.807) is 19.9 Å². The molecule has 3 rings (SSSR count). The molecule has 0 aliphatic rings. The summed E-state index contributed by atoms with van der Waals surface area (Å²) in [5, 5.41) is 8.59. The lowest BCUT2D eigenvalue weighted by atomic mass is 10.1. The fourth-order valence-electron chi connectivity index (χ4n) is 2.67. The molecule has 3 aromatic rings. The highest BCUT2D eigenvalue weighted by Gasteiger charge is 2.30. The summed E-state index contributed by atoms with van der Waals surface area (Å²) in [6, 6.07) is 3.05. The number of sulfone groups is 1. The van der Waals surface area contributed by atoms with Gasteiger partial charge in [-0.25, -0.2) is 18.0 Å². The predicted molar refractivity (Wildman–Crippen MR) is 114 cm³/mol. The average molecular weight is 498 g/mol. The highest BCUT2D eigenvalue weighted by Crippen LogP contribution is 2.34. The van der Waals surface area contributed by atoms with E-state index < -0.39 is 38.7 Å². The van der Waals surface area contributed by atoms with Gasteiger partial charge in [-0.05, 0) is 38.5 Å². The van der Waals surface area contributed by atoms with Crippen LogP contribution in [-0.4, -0.2) is 55.4 Å². The van der Waals surface area contributed by atoms with Gasteiger partial charge in [0.05, 0.1) is 25.0 Å². The highest BCUT2D eigenvalue weighted by atomic mass is 32.2. The van der Waals surface area contributed by atoms with E-state index in [1.165, 1.54) is 19.3 Å². The van der Waals surface area contributed by atoms with E-state index in [0.29, 0.717) is 0 Å². The maximum atomic E-state index is 12.6. The van der Waals surface area contributed by atoms with Gasteiger partial charge in [0.2, 0.25) is 15.7 Å². The number of amides is 1. The van der Waals surface area contributed by atoms with E-state index in [1.807, 2.05) is 0 Å². The smallest absolute Gasteiger partial charge is 0.348 e. The van der Waals surface area contributed by atoms with Gasteiger partial charge in [-0.3, -0.25) is 4.79 Å². The van der Waals surface area contributed by atoms with E-state index in [2.05, 4.69) is 15.5 Å². The Balaban J connectivity index is 1.83. The predicted octanol–water partition coefficient (Wildman–Crippen LogP) is 2.47. The molecule has 0 spiro atoms. The van der Waals surface area contributed by atoms with E-state index in [4.69, 9.17) is 18.3 Å². The minimum absolute atomic E-state index is 0.0454. The Bertz CT molecular complexity index is 1270. The molecule has 0 saturated carbocycles. The van der Waals surface area contributed by atoms with E-state index in [9.17, 15) is 22.8 Å². The molecule has 0 atom stereocenters. The summed E-state index contributed by atoms with van der Waals surface area (Å²) < 4.78 is 45.2. The monoisotopic (exact) mass is 497 g/mol. The molecule has 0 unspecified atom stereocenters. The number of ether oxygens (including phenoxy) is 2. The van der Waals surface area contributed by atoms with Crippen LogP contribution in [0.25, 0.3) is 11.7 Å². The van der Waals surface area contributed by atoms with Crippen molar-refractivity contribution in [2.24, 2.45) is 0 Å². The molecule has 1 N–H and O–H groups in total. The zero-order chi connectivity index (χ0) is 24.2. The van der Waals surface area contributed by atoms with Crippen LogP contribution in [0.4, 0.5) is 5.00 Å². The van der Waals surface area contributed by atoms with Gasteiger partial charge in [-0.2, -0.15) is 0 Å². The average Bonchev–Trinajstić information content (AvgIpc) is 3.48. The molecule has 14 heteroatoms.